The average Bonchev–Trinajstić information content (AvgIpc) is 2.54. The average molecular weight is 344 g/mol. The summed E-state index contributed by atoms with van der Waals surface area (Å²) in [5.74, 6) is -0.959. The van der Waals surface area contributed by atoms with Crippen LogP contribution in [0.2, 0.25) is 0 Å². The number of hydrogen-bond donors (Lipinski definition) is 3. The van der Waals surface area contributed by atoms with E-state index in [9.17, 15) is 19.5 Å². The first kappa shape index (κ1) is 17.5. The molecule has 1 heterocycles. The molecule has 2 aliphatic rings. The van der Waals surface area contributed by atoms with Crippen LogP contribution in [0.5, 0.6) is 0 Å². The van der Waals surface area contributed by atoms with Crippen LogP contribution in [0.15, 0.2) is 18.2 Å². The van der Waals surface area contributed by atoms with Crippen LogP contribution in [-0.2, 0) is 20.8 Å². The van der Waals surface area contributed by atoms with Crippen molar-refractivity contribution in [3.05, 3.63) is 23.8 Å². The monoisotopic (exact) mass is 344 g/mol. The van der Waals surface area contributed by atoms with Crippen molar-refractivity contribution >= 4 is 29.2 Å². The second-order valence-corrected chi connectivity index (χ2v) is 7.28. The fraction of sp³-hybridized carbons (Fsp3) is 0.526. The maximum Gasteiger partial charge on any atom is 0.303 e. The molecule has 6 heteroatoms. The zero-order valence-electron chi connectivity index (χ0n) is 14.3. The first-order chi connectivity index (χ1) is 12.0. The molecular weight excluding hydrogens is 320 g/mol. The molecule has 0 spiro atoms. The Kier molecular flexibility index (Phi) is 5.06. The number of nitrogens with one attached hydrogen (secondary N) is 2. The van der Waals surface area contributed by atoms with E-state index in [1.165, 1.54) is 0 Å². The van der Waals surface area contributed by atoms with Gasteiger partial charge in [0.15, 0.2) is 0 Å². The molecule has 134 valence electrons. The van der Waals surface area contributed by atoms with E-state index >= 15 is 0 Å². The summed E-state index contributed by atoms with van der Waals surface area (Å²) >= 11 is 0. The van der Waals surface area contributed by atoms with Gasteiger partial charge in [-0.25, -0.2) is 0 Å². The number of aliphatic carboxylic acids is 1. The predicted molar refractivity (Wildman–Crippen MR) is 94.4 cm³/mol. The molecule has 0 atom stereocenters. The van der Waals surface area contributed by atoms with Crippen molar-refractivity contribution in [2.75, 3.05) is 10.6 Å². The van der Waals surface area contributed by atoms with E-state index in [-0.39, 0.29) is 24.7 Å². The minimum absolute atomic E-state index is 0.0113. The summed E-state index contributed by atoms with van der Waals surface area (Å²) in [6, 6.07) is 5.46. The highest BCUT2D eigenvalue weighted by molar-refractivity contribution is 5.95. The van der Waals surface area contributed by atoms with Gasteiger partial charge in [-0.3, -0.25) is 14.4 Å². The molecule has 3 N–H and O–H groups in total. The van der Waals surface area contributed by atoms with Crippen molar-refractivity contribution in [3.8, 4) is 0 Å². The summed E-state index contributed by atoms with van der Waals surface area (Å²) < 4.78 is 0. The van der Waals surface area contributed by atoms with Crippen molar-refractivity contribution < 1.29 is 19.5 Å². The van der Waals surface area contributed by atoms with Gasteiger partial charge in [-0.1, -0.05) is 19.3 Å². The largest absolute Gasteiger partial charge is 0.481 e. The molecule has 1 aromatic rings. The lowest BCUT2D eigenvalue weighted by Gasteiger charge is -2.35. The third-order valence-electron chi connectivity index (χ3n) is 5.26. The van der Waals surface area contributed by atoms with E-state index in [0.717, 1.165) is 43.4 Å². The summed E-state index contributed by atoms with van der Waals surface area (Å²) in [5, 5.41) is 14.9. The number of anilines is 2. The summed E-state index contributed by atoms with van der Waals surface area (Å²) in [4.78, 5) is 35.2. The summed E-state index contributed by atoms with van der Waals surface area (Å²) in [6.07, 6.45) is 6.08. The van der Waals surface area contributed by atoms with Crippen molar-refractivity contribution in [2.45, 2.75) is 57.8 Å². The zero-order chi connectivity index (χ0) is 17.9. The molecule has 0 aromatic heterocycles. The van der Waals surface area contributed by atoms with Crippen molar-refractivity contribution in [2.24, 2.45) is 5.41 Å². The Morgan fingerprint density at radius 3 is 2.60 bits per heavy atom. The molecule has 1 aromatic carbocycles. The molecule has 0 unspecified atom stereocenters. The maximum atomic E-state index is 12.5. The number of carboxylic acids is 1. The lowest BCUT2D eigenvalue weighted by atomic mass is 9.69. The van der Waals surface area contributed by atoms with Gasteiger partial charge in [0.05, 0.1) is 6.42 Å². The van der Waals surface area contributed by atoms with E-state index in [1.807, 2.05) is 6.07 Å². The Bertz CT molecular complexity index is 693. The van der Waals surface area contributed by atoms with Gasteiger partial charge in [-0.2, -0.15) is 0 Å². The highest BCUT2D eigenvalue weighted by Gasteiger charge is 2.36. The molecule has 25 heavy (non-hydrogen) atoms. The van der Waals surface area contributed by atoms with Gasteiger partial charge < -0.3 is 15.7 Å². The lowest BCUT2D eigenvalue weighted by molar-refractivity contribution is -0.141. The number of carbonyl (C=O) groups excluding carboxylic acids is 2. The maximum absolute atomic E-state index is 12.5. The van der Waals surface area contributed by atoms with E-state index < -0.39 is 11.4 Å². The molecule has 0 saturated heterocycles. The zero-order valence-corrected chi connectivity index (χ0v) is 14.3. The standard InChI is InChI=1S/C19H24N2O4/c22-16-7-4-13-10-14(5-6-15(13)21-16)20-17(23)11-19(12-18(24)25)8-2-1-3-9-19/h5-6,10H,1-4,7-9,11-12H2,(H,20,23)(H,21,22)(H,24,25). The number of carboxylic acid groups (broad SMARTS) is 1. The fourth-order valence-electron chi connectivity index (χ4n) is 4.05. The topological polar surface area (TPSA) is 95.5 Å². The molecule has 1 fully saturated rings. The molecule has 1 aliphatic carbocycles. The normalized spacial score (nSPS) is 18.8. The molecule has 3 rings (SSSR count). The van der Waals surface area contributed by atoms with Gasteiger partial charge in [-0.15, -0.1) is 0 Å². The van der Waals surface area contributed by atoms with Gasteiger partial charge in [0.1, 0.15) is 0 Å². The summed E-state index contributed by atoms with van der Waals surface area (Å²) in [6.45, 7) is 0. The van der Waals surface area contributed by atoms with Gasteiger partial charge in [-0.05, 0) is 48.4 Å². The van der Waals surface area contributed by atoms with Gasteiger partial charge in [0.2, 0.25) is 11.8 Å². The highest BCUT2D eigenvalue weighted by atomic mass is 16.4. The van der Waals surface area contributed by atoms with Crippen LogP contribution in [0.3, 0.4) is 0 Å². The number of fused-ring (bicyclic) bond motifs is 1. The Morgan fingerprint density at radius 2 is 1.88 bits per heavy atom. The Hall–Kier alpha value is -2.37. The number of hydrogen-bond acceptors (Lipinski definition) is 3. The molecule has 0 radical (unpaired) electrons. The second-order valence-electron chi connectivity index (χ2n) is 7.28. The molecule has 6 nitrogen and oxygen atoms in total. The highest BCUT2D eigenvalue weighted by Crippen LogP contribution is 2.42. The van der Waals surface area contributed by atoms with Crippen LogP contribution in [0.1, 0.15) is 56.9 Å². The minimum atomic E-state index is -0.834. The number of carbonyl (C=O) groups is 3. The predicted octanol–water partition coefficient (Wildman–Crippen LogP) is 3.33. The first-order valence-corrected chi connectivity index (χ1v) is 8.90. The molecule has 1 aliphatic heterocycles. The van der Waals surface area contributed by atoms with Crippen LogP contribution >= 0.6 is 0 Å². The minimum Gasteiger partial charge on any atom is -0.481 e. The lowest BCUT2D eigenvalue weighted by Crippen LogP contribution is -2.32. The molecule has 2 amide bonds. The third kappa shape index (κ3) is 4.38. The quantitative estimate of drug-likeness (QED) is 0.763. The summed E-state index contributed by atoms with van der Waals surface area (Å²) in [7, 11) is 0. The molecule has 1 saturated carbocycles. The Morgan fingerprint density at radius 1 is 1.12 bits per heavy atom. The van der Waals surface area contributed by atoms with Gasteiger partial charge in [0.25, 0.3) is 0 Å². The Labute approximate surface area is 147 Å². The molecule has 0 bridgehead atoms. The van der Waals surface area contributed by atoms with Crippen molar-refractivity contribution in [3.63, 3.8) is 0 Å². The SMILES string of the molecule is O=C(O)CC1(CC(=O)Nc2ccc3c(c2)CCC(=O)N3)CCCCC1. The second kappa shape index (κ2) is 7.25. The van der Waals surface area contributed by atoms with Gasteiger partial charge >= 0.3 is 5.97 Å². The van der Waals surface area contributed by atoms with E-state index in [0.29, 0.717) is 18.5 Å². The van der Waals surface area contributed by atoms with Crippen LogP contribution in [0.25, 0.3) is 0 Å². The number of benzene rings is 1. The summed E-state index contributed by atoms with van der Waals surface area (Å²) in [5.41, 5.74) is 2.08. The van der Waals surface area contributed by atoms with E-state index in [2.05, 4.69) is 10.6 Å². The number of amides is 2. The van der Waals surface area contributed by atoms with Gasteiger partial charge in [0, 0.05) is 24.2 Å². The Balaban J connectivity index is 1.67. The fourth-order valence-corrected chi connectivity index (χ4v) is 4.05. The van der Waals surface area contributed by atoms with Crippen molar-refractivity contribution in [1.82, 2.24) is 0 Å². The number of rotatable bonds is 5. The molecular formula is C19H24N2O4. The number of aryl methyl sites for hydroxylation is 1. The van der Waals surface area contributed by atoms with Crippen molar-refractivity contribution in [1.29, 1.82) is 0 Å². The first-order valence-electron chi connectivity index (χ1n) is 8.90. The van der Waals surface area contributed by atoms with E-state index in [4.69, 9.17) is 0 Å². The van der Waals surface area contributed by atoms with Crippen LogP contribution in [0.4, 0.5) is 11.4 Å². The smallest absolute Gasteiger partial charge is 0.303 e. The van der Waals surface area contributed by atoms with Crippen LogP contribution < -0.4 is 10.6 Å². The van der Waals surface area contributed by atoms with E-state index in [1.54, 1.807) is 12.1 Å². The van der Waals surface area contributed by atoms with Crippen LogP contribution in [-0.4, -0.2) is 22.9 Å². The third-order valence-corrected chi connectivity index (χ3v) is 5.26. The van der Waals surface area contributed by atoms with Crippen LogP contribution in [0, 0.1) is 5.41 Å².